The van der Waals surface area contributed by atoms with Crippen LogP contribution < -0.4 is 5.32 Å². The van der Waals surface area contributed by atoms with Gasteiger partial charge in [-0.25, -0.2) is 0 Å². The van der Waals surface area contributed by atoms with E-state index in [1.54, 1.807) is 11.3 Å². The van der Waals surface area contributed by atoms with E-state index in [-0.39, 0.29) is 29.9 Å². The summed E-state index contributed by atoms with van der Waals surface area (Å²) in [4.78, 5) is 13.3. The summed E-state index contributed by atoms with van der Waals surface area (Å²) in [5.41, 5.74) is -0.0481. The van der Waals surface area contributed by atoms with Crippen LogP contribution in [-0.2, 0) is 4.79 Å². The van der Waals surface area contributed by atoms with Gasteiger partial charge in [0, 0.05) is 17.5 Å². The molecule has 18 heavy (non-hydrogen) atoms. The maximum atomic E-state index is 12.2. The minimum Gasteiger partial charge on any atom is -0.396 e. The summed E-state index contributed by atoms with van der Waals surface area (Å²) < 4.78 is 0. The molecule has 1 amide bonds. The zero-order valence-electron chi connectivity index (χ0n) is 11.6. The van der Waals surface area contributed by atoms with Crippen molar-refractivity contribution in [3.63, 3.8) is 0 Å². The van der Waals surface area contributed by atoms with Crippen LogP contribution in [0.4, 0.5) is 0 Å². The molecular weight excluding hydrogens is 246 g/mol. The fourth-order valence-electron chi connectivity index (χ4n) is 1.81. The Bertz CT molecular complexity index is 368. The molecule has 0 aliphatic carbocycles. The molecule has 0 saturated carbocycles. The Kier molecular flexibility index (Phi) is 5.35. The number of aliphatic hydroxyl groups is 1. The highest BCUT2D eigenvalue weighted by Gasteiger charge is 2.27. The molecule has 1 heterocycles. The zero-order valence-corrected chi connectivity index (χ0v) is 12.4. The largest absolute Gasteiger partial charge is 0.396 e. The lowest BCUT2D eigenvalue weighted by Crippen LogP contribution is -2.45. The molecule has 2 N–H and O–H groups in total. The van der Waals surface area contributed by atoms with E-state index >= 15 is 0 Å². The summed E-state index contributed by atoms with van der Waals surface area (Å²) in [6.45, 7) is 8.23. The number of thiophene rings is 1. The fraction of sp³-hybridized carbons (Fsp3) is 0.643. The van der Waals surface area contributed by atoms with Crippen LogP contribution >= 0.6 is 11.3 Å². The molecule has 1 aromatic rings. The average molecular weight is 269 g/mol. The van der Waals surface area contributed by atoms with Crippen LogP contribution in [0.1, 0.15) is 44.9 Å². The summed E-state index contributed by atoms with van der Waals surface area (Å²) in [7, 11) is 0. The van der Waals surface area contributed by atoms with Crippen LogP contribution in [0.5, 0.6) is 0 Å². The second-order valence-corrected chi connectivity index (χ2v) is 6.66. The van der Waals surface area contributed by atoms with Gasteiger partial charge in [-0.05, 0) is 30.2 Å². The summed E-state index contributed by atoms with van der Waals surface area (Å²) in [6, 6.07) is 3.93. The van der Waals surface area contributed by atoms with Crippen molar-refractivity contribution >= 4 is 17.2 Å². The standard InChI is InChI=1S/C14H23NO2S/c1-10(11-6-5-9-18-11)13(17)15-12(7-8-16)14(2,3)4/h5-6,9-10,12,16H,7-8H2,1-4H3,(H,15,17). The number of carbonyl (C=O) groups excluding carboxylic acids is 1. The van der Waals surface area contributed by atoms with E-state index in [9.17, 15) is 4.79 Å². The molecule has 1 aromatic heterocycles. The van der Waals surface area contributed by atoms with Gasteiger partial charge in [-0.1, -0.05) is 26.8 Å². The van der Waals surface area contributed by atoms with Crippen LogP contribution in [0.25, 0.3) is 0 Å². The van der Waals surface area contributed by atoms with E-state index in [0.29, 0.717) is 6.42 Å². The van der Waals surface area contributed by atoms with Crippen LogP contribution in [0.2, 0.25) is 0 Å². The first-order valence-electron chi connectivity index (χ1n) is 6.31. The number of rotatable bonds is 5. The predicted molar refractivity (Wildman–Crippen MR) is 75.8 cm³/mol. The van der Waals surface area contributed by atoms with Gasteiger partial charge in [0.1, 0.15) is 0 Å². The lowest BCUT2D eigenvalue weighted by atomic mass is 9.84. The molecule has 2 unspecified atom stereocenters. The van der Waals surface area contributed by atoms with Gasteiger partial charge < -0.3 is 10.4 Å². The van der Waals surface area contributed by atoms with E-state index in [2.05, 4.69) is 26.1 Å². The van der Waals surface area contributed by atoms with Crippen LogP contribution in [-0.4, -0.2) is 23.7 Å². The third-order valence-corrected chi connectivity index (χ3v) is 4.20. The van der Waals surface area contributed by atoms with Crippen LogP contribution in [0.3, 0.4) is 0 Å². The molecule has 2 atom stereocenters. The second kappa shape index (κ2) is 6.34. The molecule has 0 aliphatic heterocycles. The summed E-state index contributed by atoms with van der Waals surface area (Å²) in [5.74, 6) is -0.0978. The highest BCUT2D eigenvalue weighted by Crippen LogP contribution is 2.25. The molecule has 0 aromatic carbocycles. The van der Waals surface area contributed by atoms with Crippen molar-refractivity contribution in [3.05, 3.63) is 22.4 Å². The average Bonchev–Trinajstić information content (AvgIpc) is 2.79. The van der Waals surface area contributed by atoms with Crippen molar-refractivity contribution in [1.82, 2.24) is 5.32 Å². The molecule has 0 fully saturated rings. The topological polar surface area (TPSA) is 49.3 Å². The number of amides is 1. The Morgan fingerprint density at radius 2 is 2.17 bits per heavy atom. The molecule has 102 valence electrons. The maximum absolute atomic E-state index is 12.2. The van der Waals surface area contributed by atoms with E-state index in [1.807, 2.05) is 24.4 Å². The van der Waals surface area contributed by atoms with E-state index in [0.717, 1.165) is 4.88 Å². The first kappa shape index (κ1) is 15.2. The van der Waals surface area contributed by atoms with Crippen LogP contribution in [0, 0.1) is 5.41 Å². The van der Waals surface area contributed by atoms with E-state index < -0.39 is 0 Å². The summed E-state index contributed by atoms with van der Waals surface area (Å²) in [5, 5.41) is 14.1. The van der Waals surface area contributed by atoms with E-state index in [4.69, 9.17) is 5.11 Å². The van der Waals surface area contributed by atoms with Crippen molar-refractivity contribution in [2.24, 2.45) is 5.41 Å². The molecule has 3 nitrogen and oxygen atoms in total. The third kappa shape index (κ3) is 4.10. The zero-order chi connectivity index (χ0) is 13.8. The minimum absolute atomic E-state index is 0.00240. The Hall–Kier alpha value is -0.870. The molecule has 0 radical (unpaired) electrons. The highest BCUT2D eigenvalue weighted by molar-refractivity contribution is 7.10. The van der Waals surface area contributed by atoms with Crippen molar-refractivity contribution in [2.75, 3.05) is 6.61 Å². The van der Waals surface area contributed by atoms with Crippen molar-refractivity contribution in [1.29, 1.82) is 0 Å². The lowest BCUT2D eigenvalue weighted by molar-refractivity contribution is -0.123. The van der Waals surface area contributed by atoms with Gasteiger partial charge in [0.2, 0.25) is 5.91 Å². The van der Waals surface area contributed by atoms with Crippen LogP contribution in [0.15, 0.2) is 17.5 Å². The Labute approximate surface area is 113 Å². The molecule has 1 rings (SSSR count). The Morgan fingerprint density at radius 3 is 2.61 bits per heavy atom. The highest BCUT2D eigenvalue weighted by atomic mass is 32.1. The van der Waals surface area contributed by atoms with Crippen molar-refractivity contribution in [3.8, 4) is 0 Å². The number of aliphatic hydroxyl groups excluding tert-OH is 1. The summed E-state index contributed by atoms with van der Waals surface area (Å²) >= 11 is 1.60. The molecule has 0 bridgehead atoms. The number of carbonyl (C=O) groups is 1. The summed E-state index contributed by atoms with van der Waals surface area (Å²) in [6.07, 6.45) is 0.590. The molecule has 0 saturated heterocycles. The van der Waals surface area contributed by atoms with Crippen molar-refractivity contribution in [2.45, 2.75) is 46.1 Å². The van der Waals surface area contributed by atoms with Crippen molar-refractivity contribution < 1.29 is 9.90 Å². The normalized spacial score (nSPS) is 15.2. The van der Waals surface area contributed by atoms with Gasteiger partial charge in [-0.2, -0.15) is 0 Å². The van der Waals surface area contributed by atoms with Gasteiger partial charge in [0.15, 0.2) is 0 Å². The molecule has 0 spiro atoms. The molecule has 4 heteroatoms. The van der Waals surface area contributed by atoms with Gasteiger partial charge in [-0.15, -0.1) is 11.3 Å². The lowest BCUT2D eigenvalue weighted by Gasteiger charge is -2.32. The number of hydrogen-bond acceptors (Lipinski definition) is 3. The first-order valence-corrected chi connectivity index (χ1v) is 7.19. The van der Waals surface area contributed by atoms with Gasteiger partial charge in [0.05, 0.1) is 5.92 Å². The Morgan fingerprint density at radius 1 is 1.50 bits per heavy atom. The molecule has 0 aliphatic rings. The predicted octanol–water partition coefficient (Wildman–Crippen LogP) is 2.76. The Balaban J connectivity index is 2.67. The van der Waals surface area contributed by atoms with Gasteiger partial charge in [0.25, 0.3) is 0 Å². The fourth-order valence-corrected chi connectivity index (χ4v) is 2.60. The maximum Gasteiger partial charge on any atom is 0.228 e. The second-order valence-electron chi connectivity index (χ2n) is 5.68. The number of hydrogen-bond donors (Lipinski definition) is 2. The number of nitrogens with one attached hydrogen (secondary N) is 1. The van der Waals surface area contributed by atoms with E-state index in [1.165, 1.54) is 0 Å². The van der Waals surface area contributed by atoms with Gasteiger partial charge in [-0.3, -0.25) is 4.79 Å². The first-order chi connectivity index (χ1) is 8.36. The SMILES string of the molecule is CC(C(=O)NC(CCO)C(C)(C)C)c1cccs1. The van der Waals surface area contributed by atoms with Gasteiger partial charge >= 0.3 is 0 Å². The monoisotopic (exact) mass is 269 g/mol. The molecular formula is C14H23NO2S. The smallest absolute Gasteiger partial charge is 0.228 e. The quantitative estimate of drug-likeness (QED) is 0.863. The third-order valence-electron chi connectivity index (χ3n) is 3.14. The minimum atomic E-state index is -0.131.